The third-order valence-electron chi connectivity index (χ3n) is 9.07. The lowest BCUT2D eigenvalue weighted by molar-refractivity contribution is -0.437. The van der Waals surface area contributed by atoms with Crippen molar-refractivity contribution in [3.8, 4) is 0 Å². The lowest BCUT2D eigenvalue weighted by Crippen LogP contribution is -2.29. The van der Waals surface area contributed by atoms with Crippen molar-refractivity contribution in [1.82, 2.24) is 0 Å². The molecule has 2 aliphatic heterocycles. The first-order valence-electron chi connectivity index (χ1n) is 15.9. The van der Waals surface area contributed by atoms with Gasteiger partial charge in [0.1, 0.15) is 11.4 Å². The van der Waals surface area contributed by atoms with Crippen molar-refractivity contribution in [2.75, 3.05) is 23.7 Å². The SMILES string of the molecule is CC1(C)C(/C=C/C=C/C=C2/N(CCCCCC(=O)O)c3ccc(S(=O)(=O)O)cc3C2(C)C)=[N+](CCCS(=O)(=O)[O-])c2cccc(S(=O)(=O)O)c21. The number of fused-ring (bicyclic) bond motifs is 2. The maximum Gasteiger partial charge on any atom is 0.303 e. The monoisotopic (exact) mass is 750 g/mol. The second-order valence-electron chi connectivity index (χ2n) is 13.3. The van der Waals surface area contributed by atoms with Crippen molar-refractivity contribution in [3.05, 3.63) is 83.6 Å². The molecule has 0 amide bonds. The molecule has 2 aliphatic rings. The Bertz CT molecular complexity index is 2130. The average molecular weight is 751 g/mol. The van der Waals surface area contributed by atoms with Gasteiger partial charge in [-0.05, 0) is 62.6 Å². The summed E-state index contributed by atoms with van der Waals surface area (Å²) >= 11 is 0. The minimum Gasteiger partial charge on any atom is -0.748 e. The molecule has 0 unspecified atom stereocenters. The summed E-state index contributed by atoms with van der Waals surface area (Å²) in [6, 6.07) is 8.89. The summed E-state index contributed by atoms with van der Waals surface area (Å²) in [7, 11) is -13.5. The predicted octanol–water partition coefficient (Wildman–Crippen LogP) is 4.93. The first-order chi connectivity index (χ1) is 23.1. The number of hydrogen-bond donors (Lipinski definition) is 3. The van der Waals surface area contributed by atoms with Gasteiger partial charge in [-0.25, -0.2) is 8.42 Å². The molecule has 0 aliphatic carbocycles. The molecule has 2 aromatic rings. The Morgan fingerprint density at radius 2 is 1.58 bits per heavy atom. The fourth-order valence-corrected chi connectivity index (χ4v) is 8.62. The molecule has 0 radical (unpaired) electrons. The third-order valence-corrected chi connectivity index (χ3v) is 11.6. The first-order valence-corrected chi connectivity index (χ1v) is 20.4. The minimum absolute atomic E-state index is 0.0161. The van der Waals surface area contributed by atoms with Crippen LogP contribution in [0.3, 0.4) is 0 Å². The van der Waals surface area contributed by atoms with Gasteiger partial charge in [0.25, 0.3) is 20.2 Å². The summed E-state index contributed by atoms with van der Waals surface area (Å²) in [5.74, 6) is -1.48. The van der Waals surface area contributed by atoms with E-state index < -0.39 is 52.9 Å². The number of hydrogen-bond acceptors (Lipinski definition) is 9. The summed E-state index contributed by atoms with van der Waals surface area (Å²) in [6.07, 6.45) is 10.8. The maximum absolute atomic E-state index is 12.3. The van der Waals surface area contributed by atoms with E-state index in [0.717, 1.165) is 11.4 Å². The Balaban J connectivity index is 1.70. The van der Waals surface area contributed by atoms with Gasteiger partial charge < -0.3 is 14.6 Å². The van der Waals surface area contributed by atoms with E-state index in [0.29, 0.717) is 48.3 Å². The number of benzene rings is 2. The Hall–Kier alpha value is -3.67. The van der Waals surface area contributed by atoms with Crippen LogP contribution < -0.4 is 4.90 Å². The van der Waals surface area contributed by atoms with Crippen molar-refractivity contribution in [2.45, 2.75) is 80.4 Å². The van der Waals surface area contributed by atoms with Crippen molar-refractivity contribution in [1.29, 1.82) is 0 Å². The molecule has 0 bridgehead atoms. The number of unbranched alkanes of at least 4 members (excludes halogenated alkanes) is 2. The number of allylic oxidation sites excluding steroid dienone is 6. The van der Waals surface area contributed by atoms with E-state index in [-0.39, 0.29) is 29.2 Å². The molecule has 0 aromatic heterocycles. The molecule has 2 aromatic carbocycles. The zero-order chi connectivity index (χ0) is 37.3. The van der Waals surface area contributed by atoms with E-state index in [9.17, 15) is 43.7 Å². The average Bonchev–Trinajstić information content (AvgIpc) is 3.33. The van der Waals surface area contributed by atoms with E-state index in [1.165, 1.54) is 24.3 Å². The van der Waals surface area contributed by atoms with Crippen LogP contribution in [0.15, 0.2) is 82.3 Å². The van der Waals surface area contributed by atoms with Gasteiger partial charge in [-0.2, -0.15) is 21.4 Å². The fraction of sp³-hybridized carbons (Fsp3) is 0.412. The zero-order valence-electron chi connectivity index (χ0n) is 28.2. The van der Waals surface area contributed by atoms with Gasteiger partial charge in [0, 0.05) is 54.1 Å². The van der Waals surface area contributed by atoms with E-state index in [1.54, 1.807) is 54.9 Å². The second kappa shape index (κ2) is 14.5. The highest BCUT2D eigenvalue weighted by atomic mass is 32.2. The third kappa shape index (κ3) is 8.61. The molecule has 16 heteroatoms. The Morgan fingerprint density at radius 3 is 2.20 bits per heavy atom. The van der Waals surface area contributed by atoms with Gasteiger partial charge in [0.05, 0.1) is 26.0 Å². The smallest absolute Gasteiger partial charge is 0.303 e. The first kappa shape index (κ1) is 39.1. The van der Waals surface area contributed by atoms with Crippen LogP contribution in [0.25, 0.3) is 0 Å². The standard InChI is InChI=1S/C34H42N2O11S3/c1-33(2)25-23-24(49(42,43)44)18-19-26(25)35(20-10-6-9-17-31(37)38)29(33)15-7-5-8-16-30-34(3,4)32-27(13-11-14-28(32)50(45,46)47)36(30)21-12-22-48(39,40)41/h5,7-8,11,13-16,18-19,23H,6,9-10,12,17,20-22H2,1-4H3,(H3-,37,38,39,40,41,42,43,44,45,46,47). The molecule has 0 atom stereocenters. The number of nitrogens with zero attached hydrogens (tertiary/aromatic N) is 2. The molecular weight excluding hydrogens is 709 g/mol. The summed E-state index contributed by atoms with van der Waals surface area (Å²) in [5.41, 5.74) is 2.08. The summed E-state index contributed by atoms with van der Waals surface area (Å²) < 4.78 is 104. The summed E-state index contributed by atoms with van der Waals surface area (Å²) in [6.45, 7) is 8.05. The number of carboxylic acid groups (broad SMARTS) is 1. The van der Waals surface area contributed by atoms with E-state index in [2.05, 4.69) is 0 Å². The molecular formula is C34H42N2O11S3. The van der Waals surface area contributed by atoms with Crippen molar-refractivity contribution in [2.24, 2.45) is 0 Å². The van der Waals surface area contributed by atoms with Crippen LogP contribution in [-0.2, 0) is 46.0 Å². The van der Waals surface area contributed by atoms with Crippen LogP contribution in [0.5, 0.6) is 0 Å². The highest BCUT2D eigenvalue weighted by Gasteiger charge is 2.47. The lowest BCUT2D eigenvalue weighted by Gasteiger charge is -2.27. The topological polar surface area (TPSA) is 209 Å². The van der Waals surface area contributed by atoms with Crippen LogP contribution in [0.4, 0.5) is 11.4 Å². The Kier molecular flexibility index (Phi) is 11.4. The highest BCUT2D eigenvalue weighted by Crippen LogP contribution is 2.49. The highest BCUT2D eigenvalue weighted by molar-refractivity contribution is 7.86. The molecule has 4 rings (SSSR count). The number of aliphatic carboxylic acids is 1. The van der Waals surface area contributed by atoms with Crippen molar-refractivity contribution >= 4 is 53.4 Å². The summed E-state index contributed by atoms with van der Waals surface area (Å²) in [5, 5.41) is 8.99. The van der Waals surface area contributed by atoms with E-state index in [1.807, 2.05) is 24.8 Å². The molecule has 3 N–H and O–H groups in total. The van der Waals surface area contributed by atoms with E-state index in [4.69, 9.17) is 5.11 Å². The van der Waals surface area contributed by atoms with Gasteiger partial charge >= 0.3 is 5.97 Å². The second-order valence-corrected chi connectivity index (χ2v) is 17.7. The molecule has 0 fully saturated rings. The van der Waals surface area contributed by atoms with Gasteiger partial charge in [-0.1, -0.05) is 44.6 Å². The Morgan fingerprint density at radius 1 is 0.880 bits per heavy atom. The van der Waals surface area contributed by atoms with Crippen LogP contribution in [0.2, 0.25) is 0 Å². The van der Waals surface area contributed by atoms with Crippen LogP contribution in [0, 0.1) is 0 Å². The fourth-order valence-electron chi connectivity index (χ4n) is 6.76. The molecule has 2 heterocycles. The van der Waals surface area contributed by atoms with Gasteiger partial charge in [0.2, 0.25) is 5.69 Å². The Labute approximate surface area is 293 Å². The molecule has 272 valence electrons. The maximum atomic E-state index is 12.3. The van der Waals surface area contributed by atoms with Crippen molar-refractivity contribution in [3.63, 3.8) is 0 Å². The molecule has 50 heavy (non-hydrogen) atoms. The largest absolute Gasteiger partial charge is 0.748 e. The number of anilines is 1. The molecule has 0 saturated carbocycles. The predicted molar refractivity (Wildman–Crippen MR) is 187 cm³/mol. The normalized spacial score (nSPS) is 18.1. The van der Waals surface area contributed by atoms with Crippen molar-refractivity contribution < 1.29 is 53.4 Å². The molecule has 0 saturated heterocycles. The lowest BCUT2D eigenvalue weighted by atomic mass is 9.81. The number of rotatable bonds is 15. The number of carbonyl (C=O) groups is 1. The summed E-state index contributed by atoms with van der Waals surface area (Å²) in [4.78, 5) is 12.5. The van der Waals surface area contributed by atoms with Gasteiger partial charge in [-0.15, -0.1) is 0 Å². The zero-order valence-corrected chi connectivity index (χ0v) is 30.7. The quantitative estimate of drug-likeness (QED) is 0.0958. The molecule has 0 spiro atoms. The molecule has 13 nitrogen and oxygen atoms in total. The minimum atomic E-state index is -4.60. The number of carboxylic acids is 1. The van der Waals surface area contributed by atoms with Crippen LogP contribution in [-0.4, -0.2) is 79.1 Å². The van der Waals surface area contributed by atoms with Crippen LogP contribution >= 0.6 is 0 Å². The van der Waals surface area contributed by atoms with Gasteiger partial charge in [0.15, 0.2) is 5.71 Å². The van der Waals surface area contributed by atoms with E-state index >= 15 is 0 Å². The van der Waals surface area contributed by atoms with Gasteiger partial charge in [-0.3, -0.25) is 13.9 Å². The van der Waals surface area contributed by atoms with Crippen LogP contribution in [0.1, 0.15) is 70.9 Å².